The molecule has 0 saturated heterocycles. The van der Waals surface area contributed by atoms with E-state index in [0.717, 1.165) is 16.6 Å². The number of aromatic nitrogens is 4. The van der Waals surface area contributed by atoms with Gasteiger partial charge in [0.2, 0.25) is 5.52 Å². The van der Waals surface area contributed by atoms with Crippen LogP contribution in [0.1, 0.15) is 0 Å². The van der Waals surface area contributed by atoms with Crippen LogP contribution in [0.3, 0.4) is 0 Å². The molecule has 4 rings (SSSR count). The Bertz CT molecular complexity index is 944. The van der Waals surface area contributed by atoms with Gasteiger partial charge in [-0.1, -0.05) is 41.4 Å². The average Bonchev–Trinajstić information content (AvgIpc) is 2.96. The number of aromatic amines is 2. The number of halogens is 1. The van der Waals surface area contributed by atoms with E-state index in [1.54, 1.807) is 6.33 Å². The van der Waals surface area contributed by atoms with Crippen molar-refractivity contribution >= 4 is 39.4 Å². The summed E-state index contributed by atoms with van der Waals surface area (Å²) in [5.41, 5.74) is 8.19. The molecule has 2 aromatic carbocycles. The summed E-state index contributed by atoms with van der Waals surface area (Å²) >= 11 is 0. The fourth-order valence-corrected chi connectivity index (χ4v) is 2.45. The Hall–Kier alpha value is -2.86. The number of nitrogens with two attached hydrogens (primary N) is 1. The number of imidazole rings is 1. The number of benzene rings is 2. The predicted octanol–water partition coefficient (Wildman–Crippen LogP) is -0.745. The molecule has 5 N–H and O–H groups in total. The summed E-state index contributed by atoms with van der Waals surface area (Å²) in [6, 6.07) is 14.3. The number of hydrogen-bond acceptors (Lipinski definition) is 4. The second-order valence-electron chi connectivity index (χ2n) is 4.74. The summed E-state index contributed by atoms with van der Waals surface area (Å²) in [6.45, 7) is 0. The van der Waals surface area contributed by atoms with Gasteiger partial charge >= 0.3 is 5.65 Å². The molecule has 0 unspecified atom stereocenters. The van der Waals surface area contributed by atoms with Crippen LogP contribution in [0.2, 0.25) is 0 Å². The number of fused-ring (bicyclic) bond motifs is 2. The van der Waals surface area contributed by atoms with Crippen molar-refractivity contribution in [3.63, 3.8) is 0 Å². The number of nitrogen functional groups attached to an aromatic ring is 1. The van der Waals surface area contributed by atoms with Gasteiger partial charge in [0.25, 0.3) is 5.95 Å². The third-order valence-electron chi connectivity index (χ3n) is 3.39. The molecule has 0 radical (unpaired) electrons. The van der Waals surface area contributed by atoms with Crippen LogP contribution in [-0.4, -0.2) is 15.0 Å². The number of anilines is 3. The maximum atomic E-state index is 5.75. The summed E-state index contributed by atoms with van der Waals surface area (Å²) in [7, 11) is 0. The summed E-state index contributed by atoms with van der Waals surface area (Å²) in [5, 5.41) is 5.63. The zero-order valence-electron chi connectivity index (χ0n) is 11.5. The molecular formula is C15H13ClN6. The first kappa shape index (κ1) is 14.1. The molecule has 6 nitrogen and oxygen atoms in total. The van der Waals surface area contributed by atoms with E-state index in [4.69, 9.17) is 5.73 Å². The highest BCUT2D eigenvalue weighted by Crippen LogP contribution is 2.27. The maximum absolute atomic E-state index is 5.75. The minimum Gasteiger partial charge on any atom is -1.00 e. The van der Waals surface area contributed by atoms with Crippen LogP contribution >= 0.6 is 0 Å². The number of hydrogen-bond donors (Lipinski definition) is 3. The van der Waals surface area contributed by atoms with E-state index in [9.17, 15) is 0 Å². The molecule has 0 aliphatic carbocycles. The summed E-state index contributed by atoms with van der Waals surface area (Å²) in [5.74, 6) is 0.871. The van der Waals surface area contributed by atoms with Gasteiger partial charge in [-0.2, -0.15) is 4.98 Å². The van der Waals surface area contributed by atoms with E-state index in [0.29, 0.717) is 11.5 Å². The van der Waals surface area contributed by atoms with Crippen molar-refractivity contribution in [1.82, 2.24) is 15.0 Å². The van der Waals surface area contributed by atoms with Crippen LogP contribution in [0.4, 0.5) is 17.5 Å². The van der Waals surface area contributed by atoms with Crippen molar-refractivity contribution in [2.24, 2.45) is 0 Å². The minimum atomic E-state index is 0. The summed E-state index contributed by atoms with van der Waals surface area (Å²) in [6.07, 6.45) is 1.70. The summed E-state index contributed by atoms with van der Waals surface area (Å²) < 4.78 is 0. The molecule has 22 heavy (non-hydrogen) atoms. The number of H-pyrrole nitrogens is 2. The summed E-state index contributed by atoms with van der Waals surface area (Å²) in [4.78, 5) is 14.5. The lowest BCUT2D eigenvalue weighted by atomic mass is 10.1. The van der Waals surface area contributed by atoms with Gasteiger partial charge in [-0.25, -0.2) is 4.98 Å². The van der Waals surface area contributed by atoms with Crippen LogP contribution in [0.5, 0.6) is 0 Å². The molecular weight excluding hydrogens is 300 g/mol. The molecule has 0 bridgehead atoms. The van der Waals surface area contributed by atoms with Crippen LogP contribution in [0, 0.1) is 0 Å². The number of nitrogens with one attached hydrogen (secondary N) is 3. The van der Waals surface area contributed by atoms with E-state index >= 15 is 0 Å². The molecule has 0 amide bonds. The van der Waals surface area contributed by atoms with Crippen molar-refractivity contribution in [1.29, 1.82) is 0 Å². The monoisotopic (exact) mass is 312 g/mol. The Morgan fingerprint density at radius 1 is 1.05 bits per heavy atom. The van der Waals surface area contributed by atoms with E-state index in [1.807, 2.05) is 24.3 Å². The average molecular weight is 313 g/mol. The van der Waals surface area contributed by atoms with Gasteiger partial charge in [-0.3, -0.25) is 4.98 Å². The zero-order chi connectivity index (χ0) is 14.2. The molecule has 7 heteroatoms. The normalized spacial score (nSPS) is 10.5. The molecule has 0 aliphatic heterocycles. The van der Waals surface area contributed by atoms with Gasteiger partial charge in [-0.05, 0) is 11.5 Å². The van der Waals surface area contributed by atoms with Gasteiger partial charge in [0, 0.05) is 11.1 Å². The SMILES string of the molecule is Nc1nc(Nc2cccc3ccccc23)c2[nH]c[nH+]c2n1.[Cl-]. The first-order chi connectivity index (χ1) is 10.3. The molecule has 110 valence electrons. The quantitative estimate of drug-likeness (QED) is 0.454. The Morgan fingerprint density at radius 3 is 2.77 bits per heavy atom. The lowest BCUT2D eigenvalue weighted by Gasteiger charge is -2.08. The van der Waals surface area contributed by atoms with Crippen molar-refractivity contribution in [3.8, 4) is 0 Å². The highest BCUT2D eigenvalue weighted by atomic mass is 35.5. The fourth-order valence-electron chi connectivity index (χ4n) is 2.45. The van der Waals surface area contributed by atoms with Crippen molar-refractivity contribution in [2.45, 2.75) is 0 Å². The molecule has 0 fully saturated rings. The van der Waals surface area contributed by atoms with Gasteiger partial charge in [0.15, 0.2) is 12.1 Å². The first-order valence-corrected chi connectivity index (χ1v) is 6.58. The molecule has 0 saturated carbocycles. The number of rotatable bonds is 2. The third kappa shape index (κ3) is 2.29. The molecule has 4 aromatic rings. The standard InChI is InChI=1S/C15H12N6.ClH/c16-15-20-13-12(17-8-18-13)14(21-15)19-11-7-3-5-9-4-1-2-6-10(9)11;/h1-8H,(H4,16,17,18,19,20,21);1H. The Kier molecular flexibility index (Phi) is 3.52. The number of nitrogens with zero attached hydrogens (tertiary/aromatic N) is 2. The van der Waals surface area contributed by atoms with E-state index in [-0.39, 0.29) is 18.4 Å². The molecule has 0 spiro atoms. The smallest absolute Gasteiger partial charge is 0.307 e. The molecule has 0 aliphatic rings. The van der Waals surface area contributed by atoms with Crippen LogP contribution in [0.25, 0.3) is 21.9 Å². The van der Waals surface area contributed by atoms with E-state index in [2.05, 4.69) is 43.5 Å². The Balaban J connectivity index is 0.00000144. The lowest BCUT2D eigenvalue weighted by Crippen LogP contribution is -3.00. The van der Waals surface area contributed by atoms with Crippen LogP contribution in [0.15, 0.2) is 48.8 Å². The Morgan fingerprint density at radius 2 is 1.86 bits per heavy atom. The zero-order valence-corrected chi connectivity index (χ0v) is 12.2. The minimum absolute atomic E-state index is 0. The highest BCUT2D eigenvalue weighted by Gasteiger charge is 2.14. The van der Waals surface area contributed by atoms with Gasteiger partial charge in [0.1, 0.15) is 0 Å². The van der Waals surface area contributed by atoms with Gasteiger partial charge < -0.3 is 23.5 Å². The topological polar surface area (TPSA) is 93.8 Å². The second kappa shape index (κ2) is 5.50. The molecule has 2 heterocycles. The largest absolute Gasteiger partial charge is 1.00 e. The van der Waals surface area contributed by atoms with Crippen molar-refractivity contribution in [3.05, 3.63) is 48.8 Å². The molecule has 2 aromatic heterocycles. The van der Waals surface area contributed by atoms with E-state index in [1.165, 1.54) is 5.39 Å². The fraction of sp³-hybridized carbons (Fsp3) is 0. The second-order valence-corrected chi connectivity index (χ2v) is 4.74. The van der Waals surface area contributed by atoms with Crippen LogP contribution in [-0.2, 0) is 0 Å². The Labute approximate surface area is 132 Å². The maximum Gasteiger partial charge on any atom is 0.307 e. The van der Waals surface area contributed by atoms with Gasteiger partial charge in [-0.15, -0.1) is 0 Å². The lowest BCUT2D eigenvalue weighted by molar-refractivity contribution is -0.347. The third-order valence-corrected chi connectivity index (χ3v) is 3.39. The predicted molar refractivity (Wildman–Crippen MR) is 82.1 cm³/mol. The van der Waals surface area contributed by atoms with Crippen molar-refractivity contribution in [2.75, 3.05) is 11.1 Å². The highest BCUT2D eigenvalue weighted by molar-refractivity contribution is 5.97. The van der Waals surface area contributed by atoms with Gasteiger partial charge in [0.05, 0.1) is 0 Å². The van der Waals surface area contributed by atoms with Crippen LogP contribution < -0.4 is 28.4 Å². The van der Waals surface area contributed by atoms with E-state index < -0.39 is 0 Å². The first-order valence-electron chi connectivity index (χ1n) is 6.58. The molecule has 0 atom stereocenters. The van der Waals surface area contributed by atoms with Crippen molar-refractivity contribution < 1.29 is 17.4 Å².